The first-order chi connectivity index (χ1) is 18.2. The minimum atomic E-state index is -0.586. The van der Waals surface area contributed by atoms with Crippen LogP contribution in [-0.2, 0) is 18.9 Å². The van der Waals surface area contributed by atoms with Crippen LogP contribution >= 0.6 is 0 Å². The van der Waals surface area contributed by atoms with Gasteiger partial charge < -0.3 is 37.9 Å². The van der Waals surface area contributed by atoms with Gasteiger partial charge in [-0.15, -0.1) is 0 Å². The van der Waals surface area contributed by atoms with E-state index in [0.717, 1.165) is 0 Å². The van der Waals surface area contributed by atoms with Crippen molar-refractivity contribution < 1.29 is 47.5 Å². The molecular weight excluding hydrogens is 486 g/mol. The number of imide groups is 1. The van der Waals surface area contributed by atoms with Crippen LogP contribution in [0.5, 0.6) is 23.0 Å². The third-order valence-corrected chi connectivity index (χ3v) is 5.32. The molecule has 2 aromatic carbocycles. The fourth-order valence-electron chi connectivity index (χ4n) is 3.50. The molecule has 2 aliphatic rings. The lowest BCUT2D eigenvalue weighted by atomic mass is 10.1. The highest BCUT2D eigenvalue weighted by Crippen LogP contribution is 2.30. The van der Waals surface area contributed by atoms with Crippen LogP contribution in [0.15, 0.2) is 36.4 Å². The lowest BCUT2D eigenvalue weighted by Crippen LogP contribution is -2.30. The van der Waals surface area contributed by atoms with Crippen LogP contribution in [-0.4, -0.2) is 91.1 Å². The van der Waals surface area contributed by atoms with Gasteiger partial charge in [-0.3, -0.25) is 14.9 Å². The molecule has 2 aliphatic heterocycles. The smallest absolute Gasteiger partial charge is 0.258 e. The average Bonchev–Trinajstić information content (AvgIpc) is 2.89. The van der Waals surface area contributed by atoms with Crippen molar-refractivity contribution in [1.82, 2.24) is 5.32 Å². The first-order valence-corrected chi connectivity index (χ1v) is 12.2. The fraction of sp³-hybridized carbons (Fsp3) is 0.462. The van der Waals surface area contributed by atoms with Crippen LogP contribution in [0.2, 0.25) is 0 Å². The van der Waals surface area contributed by atoms with E-state index in [2.05, 4.69) is 5.32 Å². The van der Waals surface area contributed by atoms with Gasteiger partial charge in [0.05, 0.1) is 52.9 Å². The summed E-state index contributed by atoms with van der Waals surface area (Å²) in [5, 5.41) is 2.40. The fourth-order valence-corrected chi connectivity index (χ4v) is 3.50. The highest BCUT2D eigenvalue weighted by molar-refractivity contribution is 6.10. The second kappa shape index (κ2) is 14.4. The Hall–Kier alpha value is -3.38. The molecule has 0 aromatic heterocycles. The molecule has 1 N–H and O–H groups in total. The maximum absolute atomic E-state index is 12.9. The van der Waals surface area contributed by atoms with E-state index in [-0.39, 0.29) is 24.3 Å². The summed E-state index contributed by atoms with van der Waals surface area (Å²) in [4.78, 5) is 25.8. The van der Waals surface area contributed by atoms with Crippen molar-refractivity contribution in [3.8, 4) is 23.0 Å². The summed E-state index contributed by atoms with van der Waals surface area (Å²) in [6.07, 6.45) is 0. The summed E-state index contributed by atoms with van der Waals surface area (Å²) in [6, 6.07) is 9.43. The summed E-state index contributed by atoms with van der Waals surface area (Å²) in [7, 11) is 0. The van der Waals surface area contributed by atoms with Gasteiger partial charge in [-0.1, -0.05) is 0 Å². The van der Waals surface area contributed by atoms with E-state index in [0.29, 0.717) is 89.1 Å². The lowest BCUT2D eigenvalue weighted by molar-refractivity contribution is 0.0223. The Bertz CT molecular complexity index is 963. The van der Waals surface area contributed by atoms with Gasteiger partial charge in [0, 0.05) is 11.1 Å². The number of amides is 2. The molecule has 0 aliphatic carbocycles. The quantitative estimate of drug-likeness (QED) is 0.591. The van der Waals surface area contributed by atoms with Crippen LogP contribution in [0, 0.1) is 0 Å². The van der Waals surface area contributed by atoms with E-state index in [1.165, 1.54) is 12.1 Å². The van der Waals surface area contributed by atoms with Crippen molar-refractivity contribution in [1.29, 1.82) is 0 Å². The van der Waals surface area contributed by atoms with Gasteiger partial charge >= 0.3 is 0 Å². The maximum atomic E-state index is 12.9. The Kier molecular flexibility index (Phi) is 10.4. The highest BCUT2D eigenvalue weighted by atomic mass is 16.6. The van der Waals surface area contributed by atoms with Gasteiger partial charge in [-0.05, 0) is 36.4 Å². The first kappa shape index (κ1) is 26.7. The Morgan fingerprint density at radius 2 is 0.784 bits per heavy atom. The van der Waals surface area contributed by atoms with Gasteiger partial charge in [0.15, 0.2) is 23.0 Å². The number of ether oxygens (including phenoxy) is 8. The first-order valence-electron chi connectivity index (χ1n) is 12.2. The molecule has 0 saturated heterocycles. The second-order valence-electron chi connectivity index (χ2n) is 7.95. The predicted octanol–water partition coefficient (Wildman–Crippen LogP) is 1.87. The van der Waals surface area contributed by atoms with E-state index >= 15 is 0 Å². The van der Waals surface area contributed by atoms with E-state index < -0.39 is 11.8 Å². The van der Waals surface area contributed by atoms with Gasteiger partial charge in [-0.2, -0.15) is 0 Å². The van der Waals surface area contributed by atoms with Gasteiger partial charge in [0.25, 0.3) is 11.8 Å². The summed E-state index contributed by atoms with van der Waals surface area (Å²) in [6.45, 7) is 4.60. The molecule has 0 bridgehead atoms. The predicted molar refractivity (Wildman–Crippen MR) is 130 cm³/mol. The third kappa shape index (κ3) is 8.32. The minimum absolute atomic E-state index is 0.239. The topological polar surface area (TPSA) is 120 Å². The number of carbonyl (C=O) groups is 2. The van der Waals surface area contributed by atoms with E-state index in [1.54, 1.807) is 24.3 Å². The molecule has 2 heterocycles. The Morgan fingerprint density at radius 3 is 1.16 bits per heavy atom. The highest BCUT2D eigenvalue weighted by Gasteiger charge is 2.18. The molecule has 11 heteroatoms. The number of nitrogens with one attached hydrogen (secondary N) is 1. The van der Waals surface area contributed by atoms with Crippen molar-refractivity contribution in [3.05, 3.63) is 47.5 Å². The van der Waals surface area contributed by atoms with Crippen LogP contribution in [0.1, 0.15) is 20.7 Å². The standard InChI is InChI=1S/C26H31NO10/c28-25(19-1-3-21-23(17-19)36-15-11-32-7-5-30-9-13-34-21)27-26(29)20-2-4-22-24(18-20)37-16-12-33-8-6-31-10-14-35-22/h1-4,17-18H,5-16H2,(H,27,28,29). The number of fused-ring (bicyclic) bond motifs is 2. The van der Waals surface area contributed by atoms with Gasteiger partial charge in [0.1, 0.15) is 26.4 Å². The molecule has 2 aromatic rings. The molecular formula is C26H31NO10. The van der Waals surface area contributed by atoms with Crippen molar-refractivity contribution >= 4 is 11.8 Å². The molecule has 0 saturated carbocycles. The molecule has 0 radical (unpaired) electrons. The van der Waals surface area contributed by atoms with E-state index in [4.69, 9.17) is 37.9 Å². The van der Waals surface area contributed by atoms with Crippen LogP contribution in [0.4, 0.5) is 0 Å². The summed E-state index contributed by atoms with van der Waals surface area (Å²) in [5.41, 5.74) is 0.478. The summed E-state index contributed by atoms with van der Waals surface area (Å²) >= 11 is 0. The number of hydrogen-bond donors (Lipinski definition) is 1. The zero-order valence-electron chi connectivity index (χ0n) is 20.5. The normalized spacial score (nSPS) is 17.6. The largest absolute Gasteiger partial charge is 0.487 e. The molecule has 200 valence electrons. The molecule has 0 unspecified atom stereocenters. The van der Waals surface area contributed by atoms with E-state index in [1.807, 2.05) is 0 Å². The van der Waals surface area contributed by atoms with E-state index in [9.17, 15) is 9.59 Å². The number of rotatable bonds is 2. The molecule has 37 heavy (non-hydrogen) atoms. The second-order valence-corrected chi connectivity index (χ2v) is 7.95. The Morgan fingerprint density at radius 1 is 0.459 bits per heavy atom. The molecule has 2 amide bonds. The molecule has 4 rings (SSSR count). The number of carbonyl (C=O) groups excluding carboxylic acids is 2. The summed E-state index contributed by atoms with van der Waals surface area (Å²) in [5.74, 6) is 0.522. The molecule has 11 nitrogen and oxygen atoms in total. The maximum Gasteiger partial charge on any atom is 0.258 e. The van der Waals surface area contributed by atoms with Gasteiger partial charge in [0.2, 0.25) is 0 Å². The van der Waals surface area contributed by atoms with Crippen LogP contribution < -0.4 is 24.3 Å². The zero-order valence-corrected chi connectivity index (χ0v) is 20.5. The monoisotopic (exact) mass is 517 g/mol. The minimum Gasteiger partial charge on any atom is -0.487 e. The van der Waals surface area contributed by atoms with Gasteiger partial charge in [-0.25, -0.2) is 0 Å². The van der Waals surface area contributed by atoms with Crippen molar-refractivity contribution in [2.45, 2.75) is 0 Å². The number of hydrogen-bond acceptors (Lipinski definition) is 10. The SMILES string of the molecule is O=C(NC(=O)c1ccc2c(c1)OCCOCCOCCO2)c1ccc2c(c1)OCCOCCOCCO2. The lowest BCUT2D eigenvalue weighted by Gasteiger charge is -2.16. The Balaban J connectivity index is 1.43. The number of benzene rings is 2. The molecule has 0 spiro atoms. The third-order valence-electron chi connectivity index (χ3n) is 5.32. The zero-order chi connectivity index (χ0) is 25.7. The van der Waals surface area contributed by atoms with Crippen LogP contribution in [0.25, 0.3) is 0 Å². The van der Waals surface area contributed by atoms with Crippen LogP contribution in [0.3, 0.4) is 0 Å². The van der Waals surface area contributed by atoms with Crippen molar-refractivity contribution in [2.24, 2.45) is 0 Å². The summed E-state index contributed by atoms with van der Waals surface area (Å²) < 4.78 is 44.6. The van der Waals surface area contributed by atoms with Crippen molar-refractivity contribution in [2.75, 3.05) is 79.3 Å². The Labute approximate surface area is 214 Å². The van der Waals surface area contributed by atoms with Crippen molar-refractivity contribution in [3.63, 3.8) is 0 Å². The molecule has 0 atom stereocenters. The molecule has 0 fully saturated rings. The average molecular weight is 518 g/mol.